The molecule has 0 aromatic heterocycles. The summed E-state index contributed by atoms with van der Waals surface area (Å²) >= 11 is 1.83. The lowest BCUT2D eigenvalue weighted by atomic mass is 9.95. The molecule has 2 aromatic carbocycles. The highest BCUT2D eigenvalue weighted by Gasteiger charge is 2.30. The Hall–Kier alpha value is -3.40. The molecule has 0 unspecified atom stereocenters. The molecule has 2 amide bonds. The van der Waals surface area contributed by atoms with E-state index in [1.807, 2.05) is 28.8 Å². The number of carbonyl (C=O) groups is 2. The van der Waals surface area contributed by atoms with E-state index in [9.17, 15) is 14.4 Å². The van der Waals surface area contributed by atoms with Gasteiger partial charge in [-0.15, -0.1) is 0 Å². The van der Waals surface area contributed by atoms with E-state index in [0.717, 1.165) is 28.2 Å². The number of anilines is 1. The van der Waals surface area contributed by atoms with Gasteiger partial charge in [-0.2, -0.15) is 11.8 Å². The van der Waals surface area contributed by atoms with Crippen LogP contribution in [0.5, 0.6) is 17.2 Å². The summed E-state index contributed by atoms with van der Waals surface area (Å²) in [6.07, 6.45) is 1.20. The molecule has 1 aliphatic carbocycles. The Bertz CT molecular complexity index is 1280. The molecule has 2 atom stereocenters. The van der Waals surface area contributed by atoms with E-state index in [1.165, 1.54) is 6.92 Å². The van der Waals surface area contributed by atoms with E-state index in [1.54, 1.807) is 40.4 Å². The van der Waals surface area contributed by atoms with E-state index in [4.69, 9.17) is 14.2 Å². The lowest BCUT2D eigenvalue weighted by Crippen LogP contribution is -2.45. The topological polar surface area (TPSA) is 106 Å². The maximum atomic E-state index is 13.5. The zero-order chi connectivity index (χ0) is 27.4. The van der Waals surface area contributed by atoms with Crippen LogP contribution in [-0.4, -0.2) is 68.7 Å². The Balaban J connectivity index is 1.84. The number of ether oxygens (including phenoxy) is 3. The van der Waals surface area contributed by atoms with Gasteiger partial charge < -0.3 is 29.7 Å². The molecule has 204 valence electrons. The predicted octanol–water partition coefficient (Wildman–Crippen LogP) is 3.24. The Morgan fingerprint density at radius 3 is 2.39 bits per heavy atom. The van der Waals surface area contributed by atoms with Gasteiger partial charge in [0.05, 0.1) is 33.1 Å². The third-order valence-corrected chi connectivity index (χ3v) is 7.92. The van der Waals surface area contributed by atoms with Crippen LogP contribution in [0.2, 0.25) is 0 Å². The SMILES string of the molecule is COc1cc2c(c(OC)c1OC)-c1ccc(N[C@@H](C)C(=O)N3CCSCC3)c(=O)cc1[C@@H](NC(C)=O)CC2. The number of hydrogen-bond donors (Lipinski definition) is 2. The van der Waals surface area contributed by atoms with E-state index >= 15 is 0 Å². The van der Waals surface area contributed by atoms with Crippen LogP contribution < -0.4 is 30.3 Å². The number of benzene rings is 1. The average Bonchev–Trinajstić information content (AvgIpc) is 3.16. The second-order valence-corrected chi connectivity index (χ2v) is 10.6. The number of methoxy groups -OCH3 is 3. The zero-order valence-electron chi connectivity index (χ0n) is 22.5. The van der Waals surface area contributed by atoms with Gasteiger partial charge in [-0.1, -0.05) is 6.07 Å². The molecule has 4 rings (SSSR count). The largest absolute Gasteiger partial charge is 0.493 e. The van der Waals surface area contributed by atoms with Crippen LogP contribution in [0.3, 0.4) is 0 Å². The number of amides is 2. The Morgan fingerprint density at radius 2 is 1.76 bits per heavy atom. The third kappa shape index (κ3) is 5.55. The van der Waals surface area contributed by atoms with Crippen molar-refractivity contribution in [2.45, 2.75) is 38.8 Å². The number of nitrogens with zero attached hydrogens (tertiary/aromatic N) is 1. The standard InChI is InChI=1S/C28H35N3O6S/c1-16(28(34)31-10-12-38-13-11-31)29-22-9-7-19-20(15-23(22)33)21(30-17(2)32)8-6-18-14-24(35-3)26(36-4)27(37-5)25(18)19/h7,9,14-16,21H,6,8,10-13H2,1-5H3,(H,29,33)(H,30,32)/t16-,21-/m0/s1. The van der Waals surface area contributed by atoms with Gasteiger partial charge in [0, 0.05) is 37.1 Å². The molecular formula is C28H35N3O6S. The van der Waals surface area contributed by atoms with Crippen LogP contribution in [0.15, 0.2) is 29.1 Å². The van der Waals surface area contributed by atoms with Crippen molar-refractivity contribution in [2.24, 2.45) is 0 Å². The van der Waals surface area contributed by atoms with Crippen LogP contribution in [0.4, 0.5) is 5.69 Å². The van der Waals surface area contributed by atoms with Crippen molar-refractivity contribution in [2.75, 3.05) is 51.2 Å². The Labute approximate surface area is 227 Å². The van der Waals surface area contributed by atoms with Gasteiger partial charge in [0.2, 0.25) is 23.0 Å². The normalized spacial score (nSPS) is 17.3. The number of aryl methyl sites for hydroxylation is 1. The molecule has 9 nitrogen and oxygen atoms in total. The van der Waals surface area contributed by atoms with Crippen LogP contribution >= 0.6 is 11.8 Å². The smallest absolute Gasteiger partial charge is 0.244 e. The molecule has 0 bridgehead atoms. The van der Waals surface area contributed by atoms with Crippen molar-refractivity contribution in [3.63, 3.8) is 0 Å². The van der Waals surface area contributed by atoms with Crippen LogP contribution in [0.1, 0.15) is 37.4 Å². The summed E-state index contributed by atoms with van der Waals surface area (Å²) in [6.45, 7) is 4.65. The summed E-state index contributed by atoms with van der Waals surface area (Å²) in [4.78, 5) is 40.4. The molecule has 1 aliphatic heterocycles. The fraction of sp³-hybridized carbons (Fsp3) is 0.464. The van der Waals surface area contributed by atoms with Crippen molar-refractivity contribution in [3.05, 3.63) is 45.6 Å². The molecule has 0 radical (unpaired) electrons. The average molecular weight is 542 g/mol. The highest BCUT2D eigenvalue weighted by atomic mass is 32.2. The number of nitrogens with one attached hydrogen (secondary N) is 2. The van der Waals surface area contributed by atoms with Crippen LogP contribution in [0.25, 0.3) is 11.1 Å². The second kappa shape index (κ2) is 12.0. The fourth-order valence-corrected chi connectivity index (χ4v) is 6.08. The summed E-state index contributed by atoms with van der Waals surface area (Å²) in [5.41, 5.74) is 3.20. The van der Waals surface area contributed by atoms with Gasteiger partial charge >= 0.3 is 0 Å². The summed E-state index contributed by atoms with van der Waals surface area (Å²) < 4.78 is 17.0. The van der Waals surface area contributed by atoms with Gasteiger partial charge in [0.25, 0.3) is 0 Å². The molecule has 0 saturated carbocycles. The molecule has 0 spiro atoms. The third-order valence-electron chi connectivity index (χ3n) is 6.98. The van der Waals surface area contributed by atoms with Gasteiger partial charge in [0.15, 0.2) is 11.5 Å². The van der Waals surface area contributed by atoms with Gasteiger partial charge in [-0.3, -0.25) is 14.4 Å². The minimum Gasteiger partial charge on any atom is -0.493 e. The second-order valence-electron chi connectivity index (χ2n) is 9.40. The summed E-state index contributed by atoms with van der Waals surface area (Å²) in [5.74, 6) is 3.09. The number of thioether (sulfide) groups is 1. The molecule has 2 aliphatic rings. The molecule has 1 heterocycles. The lowest BCUT2D eigenvalue weighted by Gasteiger charge is -2.29. The fourth-order valence-electron chi connectivity index (χ4n) is 5.18. The van der Waals surface area contributed by atoms with E-state index in [2.05, 4.69) is 10.6 Å². The maximum absolute atomic E-state index is 13.5. The highest BCUT2D eigenvalue weighted by molar-refractivity contribution is 7.99. The van der Waals surface area contributed by atoms with Gasteiger partial charge in [-0.25, -0.2) is 0 Å². The quantitative estimate of drug-likeness (QED) is 0.551. The Morgan fingerprint density at radius 1 is 1.05 bits per heavy atom. The van der Waals surface area contributed by atoms with Crippen molar-refractivity contribution >= 4 is 29.3 Å². The molecular weight excluding hydrogens is 506 g/mol. The number of fused-ring (bicyclic) bond motifs is 3. The van der Waals surface area contributed by atoms with Crippen molar-refractivity contribution in [1.29, 1.82) is 0 Å². The van der Waals surface area contributed by atoms with Gasteiger partial charge in [0.1, 0.15) is 6.04 Å². The molecule has 1 saturated heterocycles. The summed E-state index contributed by atoms with van der Waals surface area (Å²) in [6, 6.07) is 6.06. The highest BCUT2D eigenvalue weighted by Crippen LogP contribution is 2.50. The first kappa shape index (κ1) is 27.6. The minimum atomic E-state index is -0.565. The number of rotatable bonds is 7. The van der Waals surface area contributed by atoms with E-state index in [-0.39, 0.29) is 17.2 Å². The van der Waals surface area contributed by atoms with E-state index < -0.39 is 12.1 Å². The first-order chi connectivity index (χ1) is 18.3. The maximum Gasteiger partial charge on any atom is 0.244 e. The van der Waals surface area contributed by atoms with Crippen LogP contribution in [-0.2, 0) is 16.0 Å². The molecule has 2 aromatic rings. The van der Waals surface area contributed by atoms with Crippen molar-refractivity contribution < 1.29 is 23.8 Å². The monoisotopic (exact) mass is 541 g/mol. The summed E-state index contributed by atoms with van der Waals surface area (Å²) in [5, 5.41) is 6.15. The lowest BCUT2D eigenvalue weighted by molar-refractivity contribution is -0.131. The molecule has 10 heteroatoms. The first-order valence-electron chi connectivity index (χ1n) is 12.7. The number of carbonyl (C=O) groups excluding carboxylic acids is 2. The molecule has 38 heavy (non-hydrogen) atoms. The van der Waals surface area contributed by atoms with Crippen molar-refractivity contribution in [3.8, 4) is 28.4 Å². The predicted molar refractivity (Wildman–Crippen MR) is 150 cm³/mol. The Kier molecular flexibility index (Phi) is 8.71. The van der Waals surface area contributed by atoms with Crippen molar-refractivity contribution in [1.82, 2.24) is 10.2 Å². The molecule has 1 fully saturated rings. The first-order valence-corrected chi connectivity index (χ1v) is 13.8. The number of hydrogen-bond acceptors (Lipinski definition) is 8. The van der Waals surface area contributed by atoms with Gasteiger partial charge in [-0.05, 0) is 54.7 Å². The van der Waals surface area contributed by atoms with Crippen LogP contribution in [0, 0.1) is 0 Å². The summed E-state index contributed by atoms with van der Waals surface area (Å²) in [7, 11) is 4.68. The minimum absolute atomic E-state index is 0.0299. The van der Waals surface area contributed by atoms with E-state index in [0.29, 0.717) is 54.4 Å². The zero-order valence-corrected chi connectivity index (χ0v) is 23.3. The molecule has 2 N–H and O–H groups in total.